The van der Waals surface area contributed by atoms with Crippen molar-refractivity contribution < 1.29 is 9.53 Å². The van der Waals surface area contributed by atoms with E-state index in [1.807, 2.05) is 37.4 Å². The minimum absolute atomic E-state index is 0.0564. The Hall–Kier alpha value is -2.08. The maximum atomic E-state index is 12.1. The number of hydrogen-bond acceptors (Lipinski definition) is 5. The van der Waals surface area contributed by atoms with Crippen molar-refractivity contribution in [2.75, 3.05) is 17.3 Å². The standard InChI is InChI=1S/C16H19N3O2S/c1-10-9-22-15(17-10)18-13-8-11(2)19(16(20)21-3)14-7-5-4-6-12(13)14/h4-7,9,11,13H,8H2,1-3H3,(H,17,18)/t11-,13+/m1/s1. The molecule has 0 bridgehead atoms. The van der Waals surface area contributed by atoms with Crippen LogP contribution in [-0.4, -0.2) is 24.2 Å². The van der Waals surface area contributed by atoms with Crippen LogP contribution in [0.15, 0.2) is 29.6 Å². The third-order valence-corrected chi connectivity index (χ3v) is 4.77. The largest absolute Gasteiger partial charge is 0.452 e. The normalized spacial score (nSPS) is 20.4. The van der Waals surface area contributed by atoms with E-state index in [-0.39, 0.29) is 18.2 Å². The van der Waals surface area contributed by atoms with E-state index in [1.165, 1.54) is 7.11 Å². The van der Waals surface area contributed by atoms with Gasteiger partial charge in [-0.2, -0.15) is 0 Å². The number of thiazole rings is 1. The van der Waals surface area contributed by atoms with Crippen molar-refractivity contribution in [2.24, 2.45) is 0 Å². The fourth-order valence-electron chi connectivity index (χ4n) is 2.90. The number of amides is 1. The van der Waals surface area contributed by atoms with Gasteiger partial charge in [0.2, 0.25) is 0 Å². The Kier molecular flexibility index (Phi) is 4.02. The lowest BCUT2D eigenvalue weighted by Gasteiger charge is -2.38. The number of benzene rings is 1. The van der Waals surface area contributed by atoms with Crippen LogP contribution in [0.1, 0.15) is 30.6 Å². The Morgan fingerprint density at radius 3 is 2.91 bits per heavy atom. The molecule has 0 spiro atoms. The zero-order valence-electron chi connectivity index (χ0n) is 12.9. The van der Waals surface area contributed by atoms with Gasteiger partial charge in [-0.1, -0.05) is 18.2 Å². The number of para-hydroxylation sites is 1. The number of nitrogens with zero attached hydrogens (tertiary/aromatic N) is 2. The first kappa shape index (κ1) is 14.8. The molecule has 2 heterocycles. The summed E-state index contributed by atoms with van der Waals surface area (Å²) in [6.07, 6.45) is 0.494. The summed E-state index contributed by atoms with van der Waals surface area (Å²) in [6, 6.07) is 8.14. The van der Waals surface area contributed by atoms with Gasteiger partial charge in [0.1, 0.15) is 0 Å². The Balaban J connectivity index is 1.94. The Morgan fingerprint density at radius 2 is 2.23 bits per heavy atom. The van der Waals surface area contributed by atoms with Crippen molar-refractivity contribution in [3.63, 3.8) is 0 Å². The highest BCUT2D eigenvalue weighted by molar-refractivity contribution is 7.13. The molecule has 0 saturated heterocycles. The predicted octanol–water partition coefficient (Wildman–Crippen LogP) is 3.97. The second kappa shape index (κ2) is 5.96. The molecule has 0 aliphatic carbocycles. The van der Waals surface area contributed by atoms with Gasteiger partial charge in [0.15, 0.2) is 5.13 Å². The molecule has 6 heteroatoms. The number of fused-ring (bicyclic) bond motifs is 1. The van der Waals surface area contributed by atoms with Crippen LogP contribution in [0.5, 0.6) is 0 Å². The molecular weight excluding hydrogens is 298 g/mol. The number of carbonyl (C=O) groups excluding carboxylic acids is 1. The summed E-state index contributed by atoms with van der Waals surface area (Å²) in [4.78, 5) is 18.3. The molecule has 5 nitrogen and oxygen atoms in total. The number of methoxy groups -OCH3 is 1. The number of aromatic nitrogens is 1. The van der Waals surface area contributed by atoms with E-state index in [2.05, 4.69) is 16.4 Å². The predicted molar refractivity (Wildman–Crippen MR) is 88.6 cm³/mol. The van der Waals surface area contributed by atoms with Crippen LogP contribution in [-0.2, 0) is 4.74 Å². The first-order valence-corrected chi connectivity index (χ1v) is 8.13. The monoisotopic (exact) mass is 317 g/mol. The van der Waals surface area contributed by atoms with Crippen LogP contribution in [0.2, 0.25) is 0 Å². The zero-order chi connectivity index (χ0) is 15.7. The van der Waals surface area contributed by atoms with E-state index >= 15 is 0 Å². The van der Waals surface area contributed by atoms with Crippen molar-refractivity contribution in [2.45, 2.75) is 32.4 Å². The van der Waals surface area contributed by atoms with Gasteiger partial charge in [-0.05, 0) is 31.9 Å². The minimum Gasteiger partial charge on any atom is -0.452 e. The molecule has 1 aliphatic heterocycles. The first-order valence-electron chi connectivity index (χ1n) is 7.25. The van der Waals surface area contributed by atoms with Gasteiger partial charge in [-0.15, -0.1) is 11.3 Å². The summed E-state index contributed by atoms with van der Waals surface area (Å²) in [5.41, 5.74) is 3.01. The lowest BCUT2D eigenvalue weighted by molar-refractivity contribution is 0.175. The third kappa shape index (κ3) is 2.66. The highest BCUT2D eigenvalue weighted by atomic mass is 32.1. The van der Waals surface area contributed by atoms with Gasteiger partial charge >= 0.3 is 6.09 Å². The Morgan fingerprint density at radius 1 is 1.45 bits per heavy atom. The van der Waals surface area contributed by atoms with E-state index in [4.69, 9.17) is 4.74 Å². The third-order valence-electron chi connectivity index (χ3n) is 3.88. The molecule has 1 aromatic carbocycles. The highest BCUT2D eigenvalue weighted by Crippen LogP contribution is 2.39. The number of hydrogen-bond donors (Lipinski definition) is 1. The van der Waals surface area contributed by atoms with Gasteiger partial charge in [-0.25, -0.2) is 9.78 Å². The number of nitrogens with one attached hydrogen (secondary N) is 1. The fourth-order valence-corrected chi connectivity index (χ4v) is 3.64. The van der Waals surface area contributed by atoms with E-state index in [0.29, 0.717) is 0 Å². The summed E-state index contributed by atoms with van der Waals surface area (Å²) in [5, 5.41) is 6.44. The molecule has 3 rings (SSSR count). The van der Waals surface area contributed by atoms with Crippen molar-refractivity contribution in [1.29, 1.82) is 0 Å². The molecule has 0 radical (unpaired) electrons. The van der Waals surface area contributed by atoms with Crippen LogP contribution >= 0.6 is 11.3 Å². The molecule has 2 aromatic rings. The summed E-state index contributed by atoms with van der Waals surface area (Å²) in [7, 11) is 1.42. The average molecular weight is 317 g/mol. The van der Waals surface area contributed by atoms with Crippen LogP contribution < -0.4 is 10.2 Å². The van der Waals surface area contributed by atoms with Crippen molar-refractivity contribution in [3.05, 3.63) is 40.9 Å². The SMILES string of the molecule is COC(=O)N1c2ccccc2[C@@H](Nc2nc(C)cs2)C[C@H]1C. The molecule has 1 aliphatic rings. The Bertz CT molecular complexity index is 686. The van der Waals surface area contributed by atoms with Crippen LogP contribution in [0, 0.1) is 6.92 Å². The van der Waals surface area contributed by atoms with Crippen LogP contribution in [0.25, 0.3) is 0 Å². The number of rotatable bonds is 2. The van der Waals surface area contributed by atoms with Crippen LogP contribution in [0.3, 0.4) is 0 Å². The number of ether oxygens (including phenoxy) is 1. The van der Waals surface area contributed by atoms with E-state index in [9.17, 15) is 4.79 Å². The van der Waals surface area contributed by atoms with Crippen molar-refractivity contribution in [3.8, 4) is 0 Å². The zero-order valence-corrected chi connectivity index (χ0v) is 13.7. The molecule has 1 N–H and O–H groups in total. The molecular formula is C16H19N3O2S. The van der Waals surface area contributed by atoms with Gasteiger partial charge < -0.3 is 10.1 Å². The van der Waals surface area contributed by atoms with E-state index in [0.717, 1.165) is 28.5 Å². The lowest BCUT2D eigenvalue weighted by atomic mass is 9.92. The fraction of sp³-hybridized carbons (Fsp3) is 0.375. The molecule has 116 valence electrons. The number of carbonyl (C=O) groups is 1. The van der Waals surface area contributed by atoms with Gasteiger partial charge in [0, 0.05) is 11.4 Å². The molecule has 0 unspecified atom stereocenters. The van der Waals surface area contributed by atoms with Crippen molar-refractivity contribution >= 4 is 28.2 Å². The molecule has 2 atom stereocenters. The smallest absolute Gasteiger partial charge is 0.414 e. The summed E-state index contributed by atoms with van der Waals surface area (Å²) >= 11 is 1.60. The minimum atomic E-state index is -0.316. The number of anilines is 2. The molecule has 0 fully saturated rings. The molecule has 1 amide bonds. The Labute approximate surface area is 133 Å². The second-order valence-corrected chi connectivity index (χ2v) is 6.33. The summed E-state index contributed by atoms with van der Waals surface area (Å²) in [5.74, 6) is 0. The maximum Gasteiger partial charge on any atom is 0.414 e. The number of aryl methyl sites for hydroxylation is 1. The first-order chi connectivity index (χ1) is 10.6. The van der Waals surface area contributed by atoms with Gasteiger partial charge in [0.05, 0.1) is 24.5 Å². The van der Waals surface area contributed by atoms with Gasteiger partial charge in [-0.3, -0.25) is 4.90 Å². The molecule has 0 saturated carbocycles. The van der Waals surface area contributed by atoms with Crippen LogP contribution in [0.4, 0.5) is 15.6 Å². The lowest BCUT2D eigenvalue weighted by Crippen LogP contribution is -2.44. The second-order valence-electron chi connectivity index (χ2n) is 5.47. The van der Waals surface area contributed by atoms with Crippen molar-refractivity contribution in [1.82, 2.24) is 4.98 Å². The average Bonchev–Trinajstić information content (AvgIpc) is 2.92. The quantitative estimate of drug-likeness (QED) is 0.910. The highest BCUT2D eigenvalue weighted by Gasteiger charge is 2.34. The summed E-state index contributed by atoms with van der Waals surface area (Å²) in [6.45, 7) is 4.02. The maximum absolute atomic E-state index is 12.1. The van der Waals surface area contributed by atoms with E-state index in [1.54, 1.807) is 16.2 Å². The molecule has 1 aromatic heterocycles. The van der Waals surface area contributed by atoms with E-state index < -0.39 is 0 Å². The topological polar surface area (TPSA) is 54.5 Å². The summed E-state index contributed by atoms with van der Waals surface area (Å²) < 4.78 is 4.93. The molecule has 22 heavy (non-hydrogen) atoms. The van der Waals surface area contributed by atoms with Gasteiger partial charge in [0.25, 0.3) is 0 Å².